The molecule has 0 aliphatic carbocycles. The Labute approximate surface area is 114 Å². The van der Waals surface area contributed by atoms with E-state index in [1.165, 1.54) is 16.7 Å². The summed E-state index contributed by atoms with van der Waals surface area (Å²) in [7, 11) is 0. The van der Waals surface area contributed by atoms with Crippen LogP contribution >= 0.6 is 0 Å². The summed E-state index contributed by atoms with van der Waals surface area (Å²) in [6, 6.07) is 20.0. The van der Waals surface area contributed by atoms with Crippen molar-refractivity contribution >= 4 is 0 Å². The number of nitrogens with zero attached hydrogens (tertiary/aromatic N) is 1. The molecule has 19 heavy (non-hydrogen) atoms. The molecule has 3 rings (SSSR count). The minimum Gasteiger partial charge on any atom is -0.327 e. The van der Waals surface area contributed by atoms with Crippen LogP contribution in [0, 0.1) is 0 Å². The molecule has 0 radical (unpaired) electrons. The number of nitrogens with two attached hydrogens (primary N) is 1. The van der Waals surface area contributed by atoms with Crippen LogP contribution in [-0.2, 0) is 6.54 Å². The fraction of sp³-hybridized carbons (Fsp3) is 0.294. The third kappa shape index (κ3) is 2.42. The monoisotopic (exact) mass is 252 g/mol. The second-order valence-corrected chi connectivity index (χ2v) is 5.42. The van der Waals surface area contributed by atoms with Crippen molar-refractivity contribution in [3.63, 3.8) is 0 Å². The van der Waals surface area contributed by atoms with E-state index in [0.717, 1.165) is 13.1 Å². The second-order valence-electron chi connectivity index (χ2n) is 5.42. The first-order valence-electron chi connectivity index (χ1n) is 6.88. The van der Waals surface area contributed by atoms with Gasteiger partial charge in [-0.2, -0.15) is 0 Å². The van der Waals surface area contributed by atoms with Crippen molar-refractivity contribution < 1.29 is 0 Å². The van der Waals surface area contributed by atoms with Gasteiger partial charge in [0.05, 0.1) is 6.04 Å². The molecule has 2 nitrogen and oxygen atoms in total. The van der Waals surface area contributed by atoms with Crippen molar-refractivity contribution in [3.05, 3.63) is 71.3 Å². The van der Waals surface area contributed by atoms with E-state index in [0.29, 0.717) is 6.04 Å². The minimum atomic E-state index is 0.195. The Balaban J connectivity index is 2.01. The van der Waals surface area contributed by atoms with Crippen LogP contribution in [0.25, 0.3) is 0 Å². The molecular weight excluding hydrogens is 232 g/mol. The number of benzene rings is 2. The van der Waals surface area contributed by atoms with Gasteiger partial charge in [-0.25, -0.2) is 0 Å². The van der Waals surface area contributed by atoms with Gasteiger partial charge in [0, 0.05) is 19.1 Å². The summed E-state index contributed by atoms with van der Waals surface area (Å²) < 4.78 is 0. The predicted octanol–water partition coefficient (Wildman–Crippen LogP) is 2.94. The Kier molecular flexibility index (Phi) is 3.36. The second kappa shape index (κ2) is 5.16. The van der Waals surface area contributed by atoms with E-state index in [4.69, 9.17) is 5.73 Å². The molecule has 2 atom stereocenters. The molecule has 0 fully saturated rings. The third-order valence-corrected chi connectivity index (χ3v) is 3.73. The summed E-state index contributed by atoms with van der Waals surface area (Å²) in [6.07, 6.45) is 0. The molecule has 2 N–H and O–H groups in total. The van der Waals surface area contributed by atoms with E-state index in [9.17, 15) is 0 Å². The molecule has 2 aromatic rings. The molecular formula is C17H20N2. The lowest BCUT2D eigenvalue weighted by Crippen LogP contribution is -2.34. The van der Waals surface area contributed by atoms with Gasteiger partial charge < -0.3 is 5.73 Å². The van der Waals surface area contributed by atoms with Crippen LogP contribution < -0.4 is 5.73 Å². The van der Waals surface area contributed by atoms with E-state index in [2.05, 4.69) is 66.4 Å². The van der Waals surface area contributed by atoms with Gasteiger partial charge in [0.15, 0.2) is 0 Å². The lowest BCUT2D eigenvalue weighted by molar-refractivity contribution is 0.232. The van der Waals surface area contributed by atoms with Gasteiger partial charge in [-0.1, -0.05) is 54.6 Å². The molecule has 0 spiro atoms. The highest BCUT2D eigenvalue weighted by Gasteiger charge is 2.31. The van der Waals surface area contributed by atoms with Gasteiger partial charge >= 0.3 is 0 Å². The summed E-state index contributed by atoms with van der Waals surface area (Å²) in [4.78, 5) is 2.48. The number of rotatable bonds is 3. The minimum absolute atomic E-state index is 0.195. The van der Waals surface area contributed by atoms with Crippen molar-refractivity contribution in [3.8, 4) is 0 Å². The highest BCUT2D eigenvalue weighted by Crippen LogP contribution is 2.38. The van der Waals surface area contributed by atoms with Crippen LogP contribution in [0.2, 0.25) is 0 Å². The smallest absolute Gasteiger partial charge is 0.0608 e. The molecule has 2 heteroatoms. The Morgan fingerprint density at radius 3 is 2.53 bits per heavy atom. The van der Waals surface area contributed by atoms with Gasteiger partial charge in [0.25, 0.3) is 0 Å². The SMILES string of the molecule is CC(N)CN1Cc2ccccc2C1c1ccccc1. The molecule has 1 aliphatic rings. The number of hydrogen-bond acceptors (Lipinski definition) is 2. The molecule has 0 saturated carbocycles. The molecule has 1 heterocycles. The van der Waals surface area contributed by atoms with Gasteiger partial charge in [-0.3, -0.25) is 4.90 Å². The molecule has 0 amide bonds. The molecule has 2 aromatic carbocycles. The summed E-state index contributed by atoms with van der Waals surface area (Å²) in [6.45, 7) is 4.00. The Morgan fingerprint density at radius 2 is 1.79 bits per heavy atom. The average molecular weight is 252 g/mol. The summed E-state index contributed by atoms with van der Waals surface area (Å²) in [5.41, 5.74) is 10.2. The molecule has 2 unspecified atom stereocenters. The highest BCUT2D eigenvalue weighted by atomic mass is 15.2. The lowest BCUT2D eigenvalue weighted by Gasteiger charge is -2.27. The average Bonchev–Trinajstić information content (AvgIpc) is 2.76. The van der Waals surface area contributed by atoms with Crippen LogP contribution in [0.3, 0.4) is 0 Å². The molecule has 1 aliphatic heterocycles. The summed E-state index contributed by atoms with van der Waals surface area (Å²) in [5.74, 6) is 0. The largest absolute Gasteiger partial charge is 0.327 e. The van der Waals surface area contributed by atoms with E-state index >= 15 is 0 Å². The first-order valence-corrected chi connectivity index (χ1v) is 6.88. The Hall–Kier alpha value is -1.64. The quantitative estimate of drug-likeness (QED) is 0.910. The molecule has 98 valence electrons. The van der Waals surface area contributed by atoms with E-state index in [1.807, 2.05) is 0 Å². The van der Waals surface area contributed by atoms with Gasteiger partial charge in [-0.05, 0) is 23.6 Å². The van der Waals surface area contributed by atoms with Crippen molar-refractivity contribution in [2.45, 2.75) is 25.6 Å². The third-order valence-electron chi connectivity index (χ3n) is 3.73. The van der Waals surface area contributed by atoms with Crippen LogP contribution in [0.15, 0.2) is 54.6 Å². The van der Waals surface area contributed by atoms with Crippen molar-refractivity contribution in [1.29, 1.82) is 0 Å². The predicted molar refractivity (Wildman–Crippen MR) is 78.8 cm³/mol. The number of hydrogen-bond donors (Lipinski definition) is 1. The summed E-state index contributed by atoms with van der Waals surface area (Å²) >= 11 is 0. The zero-order valence-corrected chi connectivity index (χ0v) is 11.3. The summed E-state index contributed by atoms with van der Waals surface area (Å²) in [5, 5.41) is 0. The van der Waals surface area contributed by atoms with Crippen LogP contribution in [0.5, 0.6) is 0 Å². The fourth-order valence-corrected chi connectivity index (χ4v) is 3.02. The normalized spacial score (nSPS) is 20.2. The lowest BCUT2D eigenvalue weighted by atomic mass is 9.98. The first-order chi connectivity index (χ1) is 9.25. The van der Waals surface area contributed by atoms with Gasteiger partial charge in [0.2, 0.25) is 0 Å². The van der Waals surface area contributed by atoms with E-state index in [-0.39, 0.29) is 6.04 Å². The Bertz CT molecular complexity index is 548. The van der Waals surface area contributed by atoms with Crippen molar-refractivity contribution in [2.24, 2.45) is 5.73 Å². The van der Waals surface area contributed by atoms with Crippen molar-refractivity contribution in [2.75, 3.05) is 6.54 Å². The molecule has 0 aromatic heterocycles. The first kappa shape index (κ1) is 12.4. The maximum atomic E-state index is 6.01. The fourth-order valence-electron chi connectivity index (χ4n) is 3.02. The van der Waals surface area contributed by atoms with E-state index < -0.39 is 0 Å². The van der Waals surface area contributed by atoms with Crippen molar-refractivity contribution in [1.82, 2.24) is 4.90 Å². The number of fused-ring (bicyclic) bond motifs is 1. The zero-order valence-electron chi connectivity index (χ0n) is 11.3. The topological polar surface area (TPSA) is 29.3 Å². The van der Waals surface area contributed by atoms with Crippen LogP contribution in [0.1, 0.15) is 29.7 Å². The molecule has 0 bridgehead atoms. The van der Waals surface area contributed by atoms with Gasteiger partial charge in [0.1, 0.15) is 0 Å². The molecule has 0 saturated heterocycles. The highest BCUT2D eigenvalue weighted by molar-refractivity contribution is 5.41. The standard InChI is InChI=1S/C17H20N2/c1-13(18)11-19-12-15-9-5-6-10-16(15)17(19)14-7-3-2-4-8-14/h2-10,13,17H,11-12,18H2,1H3. The zero-order chi connectivity index (χ0) is 13.2. The maximum absolute atomic E-state index is 6.01. The van der Waals surface area contributed by atoms with Crippen LogP contribution in [0.4, 0.5) is 0 Å². The maximum Gasteiger partial charge on any atom is 0.0608 e. The van der Waals surface area contributed by atoms with E-state index in [1.54, 1.807) is 0 Å². The van der Waals surface area contributed by atoms with Crippen LogP contribution in [-0.4, -0.2) is 17.5 Å². The van der Waals surface area contributed by atoms with Gasteiger partial charge in [-0.15, -0.1) is 0 Å². The Morgan fingerprint density at radius 1 is 1.11 bits per heavy atom.